The lowest BCUT2D eigenvalue weighted by atomic mass is 10.3. The Labute approximate surface area is 88.4 Å². The summed E-state index contributed by atoms with van der Waals surface area (Å²) in [6.45, 7) is 0.747. The molecule has 0 amide bonds. The number of rotatable bonds is 2. The van der Waals surface area contributed by atoms with E-state index < -0.39 is 10.0 Å². The SMILES string of the molecule is O=S1(=O)CCCCN1C/C(Cl)=C\Cl. The highest BCUT2D eigenvalue weighted by Gasteiger charge is 2.25. The fraction of sp³-hybridized carbons (Fsp3) is 0.714. The van der Waals surface area contributed by atoms with Gasteiger partial charge in [0.15, 0.2) is 0 Å². The maximum atomic E-state index is 11.4. The number of sulfonamides is 1. The third kappa shape index (κ3) is 3.13. The van der Waals surface area contributed by atoms with Crippen LogP contribution in [0.25, 0.3) is 0 Å². The molecule has 1 saturated heterocycles. The molecule has 0 aromatic heterocycles. The molecule has 1 aliphatic rings. The normalized spacial score (nSPS) is 24.6. The van der Waals surface area contributed by atoms with Gasteiger partial charge >= 0.3 is 0 Å². The fourth-order valence-electron chi connectivity index (χ4n) is 1.22. The van der Waals surface area contributed by atoms with Crippen LogP contribution in [0.1, 0.15) is 12.8 Å². The van der Waals surface area contributed by atoms with Gasteiger partial charge in [-0.05, 0) is 12.8 Å². The van der Waals surface area contributed by atoms with E-state index in [0.717, 1.165) is 12.8 Å². The van der Waals surface area contributed by atoms with E-state index in [1.807, 2.05) is 0 Å². The van der Waals surface area contributed by atoms with Gasteiger partial charge in [-0.3, -0.25) is 0 Å². The first-order valence-corrected chi connectivity index (χ1v) is 6.41. The summed E-state index contributed by atoms with van der Waals surface area (Å²) in [5, 5.41) is 0.354. The molecule has 0 atom stereocenters. The summed E-state index contributed by atoms with van der Waals surface area (Å²) >= 11 is 11.0. The lowest BCUT2D eigenvalue weighted by molar-refractivity contribution is 0.408. The Hall–Kier alpha value is 0.230. The minimum atomic E-state index is -3.08. The Balaban J connectivity index is 2.67. The zero-order valence-electron chi connectivity index (χ0n) is 7.04. The predicted octanol–water partition coefficient (Wildman–Crippen LogP) is 1.73. The third-order valence-corrected chi connectivity index (χ3v) is 4.41. The summed E-state index contributed by atoms with van der Waals surface area (Å²) in [6, 6.07) is 0. The number of hydrogen-bond acceptors (Lipinski definition) is 2. The van der Waals surface area contributed by atoms with E-state index in [1.54, 1.807) is 0 Å². The van der Waals surface area contributed by atoms with Crippen LogP contribution in [0, 0.1) is 0 Å². The molecule has 0 bridgehead atoms. The van der Waals surface area contributed by atoms with Crippen molar-refractivity contribution in [2.45, 2.75) is 12.8 Å². The molecule has 0 aromatic rings. The van der Waals surface area contributed by atoms with E-state index in [-0.39, 0.29) is 12.3 Å². The van der Waals surface area contributed by atoms with Crippen LogP contribution in [0.4, 0.5) is 0 Å². The van der Waals surface area contributed by atoms with Gasteiger partial charge in [-0.15, -0.1) is 0 Å². The van der Waals surface area contributed by atoms with Crippen LogP contribution in [0.2, 0.25) is 0 Å². The predicted molar refractivity (Wildman–Crippen MR) is 54.4 cm³/mol. The summed E-state index contributed by atoms with van der Waals surface area (Å²) < 4.78 is 24.2. The van der Waals surface area contributed by atoms with E-state index in [4.69, 9.17) is 23.2 Å². The molecule has 0 aliphatic carbocycles. The van der Waals surface area contributed by atoms with Gasteiger partial charge in [0, 0.05) is 17.1 Å². The van der Waals surface area contributed by atoms with Crippen LogP contribution in [0.15, 0.2) is 10.6 Å². The summed E-state index contributed by atoms with van der Waals surface area (Å²) in [6.07, 6.45) is 1.63. The second kappa shape index (κ2) is 4.64. The molecule has 0 N–H and O–H groups in total. The monoisotopic (exact) mass is 243 g/mol. The van der Waals surface area contributed by atoms with Crippen molar-refractivity contribution >= 4 is 33.2 Å². The van der Waals surface area contributed by atoms with Crippen LogP contribution in [0.5, 0.6) is 0 Å². The second-order valence-electron chi connectivity index (χ2n) is 2.91. The van der Waals surface area contributed by atoms with Crippen molar-refractivity contribution in [2.24, 2.45) is 0 Å². The molecule has 1 heterocycles. The van der Waals surface area contributed by atoms with Crippen LogP contribution in [-0.2, 0) is 10.0 Å². The minimum absolute atomic E-state index is 0.202. The summed E-state index contributed by atoms with van der Waals surface area (Å²) in [4.78, 5) is 0. The Morgan fingerprint density at radius 3 is 2.69 bits per heavy atom. The first-order chi connectivity index (χ1) is 6.06. The Bertz CT molecular complexity index is 300. The first kappa shape index (κ1) is 11.3. The van der Waals surface area contributed by atoms with Crippen molar-refractivity contribution in [1.82, 2.24) is 4.31 Å². The zero-order valence-corrected chi connectivity index (χ0v) is 9.37. The van der Waals surface area contributed by atoms with Gasteiger partial charge in [0.05, 0.1) is 12.3 Å². The quantitative estimate of drug-likeness (QED) is 0.741. The molecule has 13 heavy (non-hydrogen) atoms. The molecule has 1 rings (SSSR count). The Morgan fingerprint density at radius 1 is 1.46 bits per heavy atom. The molecule has 0 spiro atoms. The molecule has 76 valence electrons. The lowest BCUT2D eigenvalue weighted by Crippen LogP contribution is -2.38. The van der Waals surface area contributed by atoms with Crippen LogP contribution >= 0.6 is 23.2 Å². The third-order valence-electron chi connectivity index (χ3n) is 1.90. The number of halogens is 2. The Kier molecular flexibility index (Phi) is 4.04. The summed E-state index contributed by atoms with van der Waals surface area (Å²) in [5.41, 5.74) is 1.20. The Morgan fingerprint density at radius 2 is 2.15 bits per heavy atom. The van der Waals surface area contributed by atoms with Gasteiger partial charge in [-0.25, -0.2) is 8.42 Å². The van der Waals surface area contributed by atoms with E-state index in [1.165, 1.54) is 9.84 Å². The smallest absolute Gasteiger partial charge is 0.212 e. The van der Waals surface area contributed by atoms with Gasteiger partial charge in [0.2, 0.25) is 10.0 Å². The largest absolute Gasteiger partial charge is 0.214 e. The van der Waals surface area contributed by atoms with E-state index in [0.29, 0.717) is 11.6 Å². The maximum absolute atomic E-state index is 11.4. The van der Waals surface area contributed by atoms with Crippen molar-refractivity contribution in [1.29, 1.82) is 0 Å². The highest BCUT2D eigenvalue weighted by molar-refractivity contribution is 7.89. The molecule has 0 unspecified atom stereocenters. The number of hydrogen-bond donors (Lipinski definition) is 0. The van der Waals surface area contributed by atoms with E-state index >= 15 is 0 Å². The molecule has 1 fully saturated rings. The van der Waals surface area contributed by atoms with Gasteiger partial charge in [0.25, 0.3) is 0 Å². The maximum Gasteiger partial charge on any atom is 0.214 e. The van der Waals surface area contributed by atoms with Crippen molar-refractivity contribution in [3.8, 4) is 0 Å². The van der Waals surface area contributed by atoms with E-state index in [9.17, 15) is 8.42 Å². The van der Waals surface area contributed by atoms with E-state index in [2.05, 4.69) is 0 Å². The standard InChI is InChI=1S/C7H11Cl2NO2S/c8-5-7(9)6-10-3-1-2-4-13(10,11)12/h5H,1-4,6H2/b7-5+. The molecule has 3 nitrogen and oxygen atoms in total. The molecular weight excluding hydrogens is 233 g/mol. The highest BCUT2D eigenvalue weighted by atomic mass is 35.5. The molecule has 6 heteroatoms. The summed E-state index contributed by atoms with van der Waals surface area (Å²) in [5.74, 6) is 0.222. The lowest BCUT2D eigenvalue weighted by Gasteiger charge is -2.25. The number of nitrogens with zero attached hydrogens (tertiary/aromatic N) is 1. The average molecular weight is 244 g/mol. The van der Waals surface area contributed by atoms with Crippen LogP contribution in [-0.4, -0.2) is 31.6 Å². The fourth-order valence-corrected chi connectivity index (χ4v) is 3.08. The van der Waals surface area contributed by atoms with Crippen LogP contribution in [0.3, 0.4) is 0 Å². The topological polar surface area (TPSA) is 37.4 Å². The molecule has 0 saturated carbocycles. The summed E-state index contributed by atoms with van der Waals surface area (Å²) in [7, 11) is -3.08. The van der Waals surface area contributed by atoms with Crippen molar-refractivity contribution in [3.05, 3.63) is 10.6 Å². The van der Waals surface area contributed by atoms with Crippen molar-refractivity contribution < 1.29 is 8.42 Å². The average Bonchev–Trinajstić information content (AvgIpc) is 2.08. The molecular formula is C7H11Cl2NO2S. The van der Waals surface area contributed by atoms with Gasteiger partial charge < -0.3 is 0 Å². The van der Waals surface area contributed by atoms with Crippen molar-refractivity contribution in [2.75, 3.05) is 18.8 Å². The van der Waals surface area contributed by atoms with Gasteiger partial charge in [-0.1, -0.05) is 23.2 Å². The second-order valence-corrected chi connectivity index (χ2v) is 5.70. The zero-order chi connectivity index (χ0) is 9.90. The molecule has 0 aromatic carbocycles. The first-order valence-electron chi connectivity index (χ1n) is 3.99. The van der Waals surface area contributed by atoms with Crippen molar-refractivity contribution in [3.63, 3.8) is 0 Å². The molecule has 1 aliphatic heterocycles. The molecule has 0 radical (unpaired) electrons. The van der Waals surface area contributed by atoms with Crippen LogP contribution < -0.4 is 0 Å². The van der Waals surface area contributed by atoms with Gasteiger partial charge in [-0.2, -0.15) is 4.31 Å². The van der Waals surface area contributed by atoms with Gasteiger partial charge in [0.1, 0.15) is 0 Å². The minimum Gasteiger partial charge on any atom is -0.212 e. The highest BCUT2D eigenvalue weighted by Crippen LogP contribution is 2.16.